The molecule has 1 atom stereocenters. The third-order valence-electron chi connectivity index (χ3n) is 7.55. The van der Waals surface area contributed by atoms with Gasteiger partial charge in [0, 0.05) is 13.1 Å². The zero-order chi connectivity index (χ0) is 28.6. The zero-order valence-corrected chi connectivity index (χ0v) is 24.2. The number of hydrogen-bond acceptors (Lipinski definition) is 5. The molecule has 0 bridgehead atoms. The van der Waals surface area contributed by atoms with Crippen LogP contribution in [0.5, 0.6) is 0 Å². The summed E-state index contributed by atoms with van der Waals surface area (Å²) in [6, 6.07) is 31.2. The number of likely N-dealkylation sites (tertiary alicyclic amines) is 1. The smallest absolute Gasteiger partial charge is 0.410 e. The number of ether oxygens (including phenoxy) is 2. The molecule has 0 aliphatic carbocycles. The number of rotatable bonds is 9. The van der Waals surface area contributed by atoms with Crippen molar-refractivity contribution in [2.75, 3.05) is 26.2 Å². The van der Waals surface area contributed by atoms with E-state index < -0.39 is 16.6 Å². The largest absolute Gasteiger partial charge is 0.466 e. The van der Waals surface area contributed by atoms with Crippen LogP contribution in [0.2, 0.25) is 0 Å². The Labute approximate surface area is 238 Å². The fourth-order valence-corrected chi connectivity index (χ4v) is 5.73. The topological polar surface area (TPSA) is 67.9 Å². The van der Waals surface area contributed by atoms with Crippen molar-refractivity contribution in [1.29, 1.82) is 0 Å². The minimum absolute atomic E-state index is 0.255. The van der Waals surface area contributed by atoms with Crippen molar-refractivity contribution in [1.82, 2.24) is 10.2 Å². The summed E-state index contributed by atoms with van der Waals surface area (Å²) in [5.41, 5.74) is 1.25. The highest BCUT2D eigenvalue weighted by atomic mass is 16.6. The summed E-state index contributed by atoms with van der Waals surface area (Å²) in [7, 11) is 0. The van der Waals surface area contributed by atoms with Gasteiger partial charge in [0.15, 0.2) is 0 Å². The fraction of sp³-hybridized carbons (Fsp3) is 0.412. The van der Waals surface area contributed by atoms with Gasteiger partial charge in [0.1, 0.15) is 5.60 Å². The Hall–Kier alpha value is -3.64. The molecular formula is C34H42N2O4. The van der Waals surface area contributed by atoms with Crippen LogP contribution in [0.15, 0.2) is 91.0 Å². The monoisotopic (exact) mass is 542 g/mol. The van der Waals surface area contributed by atoms with E-state index in [0.29, 0.717) is 39.0 Å². The molecule has 1 aliphatic heterocycles. The minimum Gasteiger partial charge on any atom is -0.466 e. The summed E-state index contributed by atoms with van der Waals surface area (Å²) in [4.78, 5) is 28.2. The highest BCUT2D eigenvalue weighted by molar-refractivity contribution is 5.79. The highest BCUT2D eigenvalue weighted by Crippen LogP contribution is 2.39. The van der Waals surface area contributed by atoms with E-state index in [1.165, 1.54) is 0 Å². The summed E-state index contributed by atoms with van der Waals surface area (Å²) in [6.07, 6.45) is 1.49. The maximum Gasteiger partial charge on any atom is 0.410 e. The number of carbonyl (C=O) groups is 2. The van der Waals surface area contributed by atoms with Crippen LogP contribution >= 0.6 is 0 Å². The molecule has 1 N–H and O–H groups in total. The second-order valence-electron chi connectivity index (χ2n) is 11.5. The van der Waals surface area contributed by atoms with Crippen molar-refractivity contribution in [2.24, 2.45) is 5.41 Å². The van der Waals surface area contributed by atoms with Crippen molar-refractivity contribution in [3.63, 3.8) is 0 Å². The van der Waals surface area contributed by atoms with E-state index >= 15 is 0 Å². The van der Waals surface area contributed by atoms with Gasteiger partial charge in [-0.2, -0.15) is 0 Å². The van der Waals surface area contributed by atoms with Gasteiger partial charge in [-0.3, -0.25) is 10.1 Å². The molecule has 0 aromatic heterocycles. The first-order valence-electron chi connectivity index (χ1n) is 14.3. The molecule has 1 heterocycles. The first-order valence-corrected chi connectivity index (χ1v) is 14.3. The Morgan fingerprint density at radius 3 is 1.80 bits per heavy atom. The van der Waals surface area contributed by atoms with Gasteiger partial charge < -0.3 is 14.4 Å². The van der Waals surface area contributed by atoms with Gasteiger partial charge in [0.05, 0.1) is 17.6 Å². The first-order chi connectivity index (χ1) is 19.2. The van der Waals surface area contributed by atoms with E-state index in [-0.39, 0.29) is 18.6 Å². The summed E-state index contributed by atoms with van der Waals surface area (Å²) in [6.45, 7) is 9.05. The van der Waals surface area contributed by atoms with Gasteiger partial charge in [0.25, 0.3) is 0 Å². The third kappa shape index (κ3) is 6.56. The first kappa shape index (κ1) is 29.3. The Morgan fingerprint density at radius 1 is 0.850 bits per heavy atom. The lowest BCUT2D eigenvalue weighted by atomic mass is 9.75. The molecule has 3 aromatic rings. The maximum atomic E-state index is 13.5. The predicted molar refractivity (Wildman–Crippen MR) is 158 cm³/mol. The van der Waals surface area contributed by atoms with Crippen LogP contribution in [0.1, 0.15) is 63.6 Å². The van der Waals surface area contributed by atoms with Crippen molar-refractivity contribution >= 4 is 12.1 Å². The van der Waals surface area contributed by atoms with E-state index in [1.807, 2.05) is 45.9 Å². The van der Waals surface area contributed by atoms with Gasteiger partial charge >= 0.3 is 12.1 Å². The number of nitrogens with one attached hydrogen (secondary N) is 1. The molecule has 6 heteroatoms. The average molecular weight is 543 g/mol. The lowest BCUT2D eigenvalue weighted by molar-refractivity contribution is -0.159. The van der Waals surface area contributed by atoms with E-state index in [9.17, 15) is 9.59 Å². The Kier molecular flexibility index (Phi) is 9.31. The summed E-state index contributed by atoms with van der Waals surface area (Å²) in [5, 5.41) is 3.89. The van der Waals surface area contributed by atoms with Crippen LogP contribution in [-0.4, -0.2) is 48.8 Å². The fourth-order valence-electron chi connectivity index (χ4n) is 5.73. The van der Waals surface area contributed by atoms with E-state index in [0.717, 1.165) is 16.7 Å². The second-order valence-corrected chi connectivity index (χ2v) is 11.5. The van der Waals surface area contributed by atoms with Crippen LogP contribution in [0.25, 0.3) is 0 Å². The van der Waals surface area contributed by atoms with E-state index in [1.54, 1.807) is 4.90 Å². The SMILES string of the molecule is CCOC(=O)C1(CCNC(c2ccccc2)(c2ccccc2)c2ccccc2)CCCN(C(=O)OC(C)(C)C)C1. The summed E-state index contributed by atoms with van der Waals surface area (Å²) in [5.74, 6) is -0.255. The van der Waals surface area contributed by atoms with Gasteiger partial charge in [0.2, 0.25) is 0 Å². The lowest BCUT2D eigenvalue weighted by Crippen LogP contribution is -2.53. The molecule has 4 rings (SSSR count). The molecule has 40 heavy (non-hydrogen) atoms. The molecule has 1 amide bonds. The maximum absolute atomic E-state index is 13.5. The van der Waals surface area contributed by atoms with E-state index in [4.69, 9.17) is 9.47 Å². The van der Waals surface area contributed by atoms with Crippen molar-refractivity contribution < 1.29 is 19.1 Å². The molecule has 1 fully saturated rings. The minimum atomic E-state index is -0.825. The van der Waals surface area contributed by atoms with Crippen molar-refractivity contribution in [2.45, 2.75) is 58.1 Å². The van der Waals surface area contributed by atoms with Crippen molar-refractivity contribution in [3.8, 4) is 0 Å². The lowest BCUT2D eigenvalue weighted by Gasteiger charge is -2.42. The number of carbonyl (C=O) groups excluding carboxylic acids is 2. The molecular weight excluding hydrogens is 500 g/mol. The number of esters is 1. The molecule has 0 saturated carbocycles. The molecule has 1 unspecified atom stereocenters. The molecule has 6 nitrogen and oxygen atoms in total. The van der Waals surface area contributed by atoms with Crippen LogP contribution in [0, 0.1) is 5.41 Å². The highest BCUT2D eigenvalue weighted by Gasteiger charge is 2.46. The number of piperidine rings is 1. The molecule has 1 aliphatic rings. The number of nitrogens with zero attached hydrogens (tertiary/aromatic N) is 1. The Morgan fingerprint density at radius 2 is 1.35 bits per heavy atom. The van der Waals surface area contributed by atoms with Gasteiger partial charge in [-0.15, -0.1) is 0 Å². The number of hydrogen-bond donors (Lipinski definition) is 1. The Balaban J connectivity index is 1.68. The van der Waals surface area contributed by atoms with Crippen LogP contribution in [0.4, 0.5) is 4.79 Å². The average Bonchev–Trinajstić information content (AvgIpc) is 2.96. The second kappa shape index (κ2) is 12.7. The normalized spacial score (nSPS) is 17.8. The third-order valence-corrected chi connectivity index (χ3v) is 7.55. The number of benzene rings is 3. The predicted octanol–water partition coefficient (Wildman–Crippen LogP) is 6.54. The van der Waals surface area contributed by atoms with Gasteiger partial charge in [-0.05, 0) is 70.2 Å². The molecule has 212 valence electrons. The van der Waals surface area contributed by atoms with Crippen LogP contribution in [-0.2, 0) is 19.8 Å². The Bertz CT molecular complexity index is 1140. The zero-order valence-electron chi connectivity index (χ0n) is 24.2. The quantitative estimate of drug-likeness (QED) is 0.246. The standard InChI is InChI=1S/C34H42N2O4/c1-5-39-30(37)33(22-15-25-36(26-33)31(38)40-32(2,3)4)23-24-35-34(27-16-9-6-10-17-27,28-18-11-7-12-19-28)29-20-13-8-14-21-29/h6-14,16-21,35H,5,15,22-26H2,1-4H3. The number of amides is 1. The molecule has 0 radical (unpaired) electrons. The van der Waals surface area contributed by atoms with Crippen LogP contribution < -0.4 is 5.32 Å². The molecule has 1 saturated heterocycles. The summed E-state index contributed by atoms with van der Waals surface area (Å²) >= 11 is 0. The van der Waals surface area contributed by atoms with Gasteiger partial charge in [-0.1, -0.05) is 91.0 Å². The van der Waals surface area contributed by atoms with Gasteiger partial charge in [-0.25, -0.2) is 4.79 Å². The van der Waals surface area contributed by atoms with E-state index in [2.05, 4.69) is 78.1 Å². The summed E-state index contributed by atoms with van der Waals surface area (Å²) < 4.78 is 11.3. The van der Waals surface area contributed by atoms with Crippen molar-refractivity contribution in [3.05, 3.63) is 108 Å². The molecule has 0 spiro atoms. The van der Waals surface area contributed by atoms with Crippen LogP contribution in [0.3, 0.4) is 0 Å². The molecule has 3 aromatic carbocycles.